The van der Waals surface area contributed by atoms with Gasteiger partial charge in [-0.25, -0.2) is 4.68 Å². The number of rotatable bonds is 1. The van der Waals surface area contributed by atoms with E-state index in [0.29, 0.717) is 0 Å². The highest BCUT2D eigenvalue weighted by Gasteiger charge is 2.29. The van der Waals surface area contributed by atoms with Gasteiger partial charge in [0.1, 0.15) is 16.2 Å². The highest BCUT2D eigenvalue weighted by molar-refractivity contribution is 8.03. The van der Waals surface area contributed by atoms with E-state index in [1.165, 1.54) is 0 Å². The summed E-state index contributed by atoms with van der Waals surface area (Å²) < 4.78 is 1.98. The van der Waals surface area contributed by atoms with E-state index >= 15 is 0 Å². The van der Waals surface area contributed by atoms with Crippen LogP contribution < -0.4 is 4.90 Å². The Hall–Kier alpha value is -1.15. The van der Waals surface area contributed by atoms with Crippen molar-refractivity contribution < 1.29 is 0 Å². The van der Waals surface area contributed by atoms with Crippen LogP contribution in [0.1, 0.15) is 20.8 Å². The molecule has 0 aromatic carbocycles. The number of anilines is 1. The Morgan fingerprint density at radius 2 is 2.20 bits per heavy atom. The number of aromatic nitrogens is 2. The van der Waals surface area contributed by atoms with Crippen LogP contribution in [0.3, 0.4) is 0 Å². The average molecular weight is 222 g/mol. The second kappa shape index (κ2) is 3.46. The second-order valence-corrected chi connectivity index (χ2v) is 5.38. The topological polar surface area (TPSA) is 44.9 Å². The van der Waals surface area contributed by atoms with Crippen molar-refractivity contribution in [2.75, 3.05) is 11.4 Å². The van der Waals surface area contributed by atoms with Crippen molar-refractivity contribution in [3.8, 4) is 5.40 Å². The third-order valence-electron chi connectivity index (χ3n) is 2.51. The molecule has 0 unspecified atom stereocenters. The number of hydrogen-bond donors (Lipinski definition) is 0. The molecule has 0 saturated heterocycles. The van der Waals surface area contributed by atoms with Gasteiger partial charge in [-0.05, 0) is 20.8 Å². The molecule has 1 aromatic rings. The minimum atomic E-state index is 0.114. The van der Waals surface area contributed by atoms with Gasteiger partial charge >= 0.3 is 0 Å². The summed E-state index contributed by atoms with van der Waals surface area (Å²) in [7, 11) is 0. The number of fused-ring (bicyclic) bond motifs is 1. The molecular formula is C10H14N4S. The summed E-state index contributed by atoms with van der Waals surface area (Å²) in [6, 6.07) is 1.99. The maximum Gasteiger partial charge on any atom is 0.140 e. The summed E-state index contributed by atoms with van der Waals surface area (Å²) >= 11 is 1.12. The smallest absolute Gasteiger partial charge is 0.140 e. The first-order chi connectivity index (χ1) is 7.02. The van der Waals surface area contributed by atoms with E-state index in [9.17, 15) is 0 Å². The molecule has 1 aromatic heterocycles. The first-order valence-corrected chi connectivity index (χ1v) is 5.75. The quantitative estimate of drug-likeness (QED) is 0.539. The van der Waals surface area contributed by atoms with Crippen molar-refractivity contribution in [1.29, 1.82) is 5.26 Å². The lowest BCUT2D eigenvalue weighted by Gasteiger charge is -2.32. The van der Waals surface area contributed by atoms with Gasteiger partial charge in [0.05, 0.1) is 6.54 Å². The fraction of sp³-hybridized carbons (Fsp3) is 0.600. The number of nitriles is 1. The van der Waals surface area contributed by atoms with Crippen LogP contribution in [0, 0.1) is 10.7 Å². The normalized spacial score (nSPS) is 15.2. The Balaban J connectivity index is 2.31. The molecule has 0 spiro atoms. The largest absolute Gasteiger partial charge is 0.350 e. The first kappa shape index (κ1) is 10.4. The lowest BCUT2D eigenvalue weighted by atomic mass is 10.1. The third-order valence-corrected chi connectivity index (χ3v) is 3.01. The van der Waals surface area contributed by atoms with Crippen LogP contribution in [0.4, 0.5) is 5.82 Å². The van der Waals surface area contributed by atoms with Crippen molar-refractivity contribution in [2.45, 2.75) is 37.9 Å². The molecule has 4 nitrogen and oxygen atoms in total. The summed E-state index contributed by atoms with van der Waals surface area (Å²) in [6.45, 7) is 8.48. The highest BCUT2D eigenvalue weighted by Crippen LogP contribution is 2.31. The zero-order chi connectivity index (χ0) is 11.1. The Labute approximate surface area is 93.9 Å². The molecule has 0 N–H and O–H groups in total. The van der Waals surface area contributed by atoms with Gasteiger partial charge in [-0.1, -0.05) is 0 Å². The summed E-state index contributed by atoms with van der Waals surface area (Å²) in [5, 5.41) is 15.8. The van der Waals surface area contributed by atoms with E-state index in [1.54, 1.807) is 0 Å². The van der Waals surface area contributed by atoms with Crippen LogP contribution in [0.25, 0.3) is 0 Å². The van der Waals surface area contributed by atoms with Crippen LogP contribution in [0.15, 0.2) is 11.1 Å². The van der Waals surface area contributed by atoms with Crippen molar-refractivity contribution in [3.63, 3.8) is 0 Å². The van der Waals surface area contributed by atoms with E-state index in [-0.39, 0.29) is 5.54 Å². The Kier molecular flexibility index (Phi) is 2.39. The maximum absolute atomic E-state index is 8.59. The average Bonchev–Trinajstić information content (AvgIpc) is 2.60. The molecular weight excluding hydrogens is 208 g/mol. The van der Waals surface area contributed by atoms with E-state index in [2.05, 4.69) is 30.8 Å². The SMILES string of the molecule is CC(C)(C)N1CCn2nc(SC#N)cc21. The van der Waals surface area contributed by atoms with Crippen LogP contribution >= 0.6 is 11.8 Å². The van der Waals surface area contributed by atoms with Gasteiger partial charge in [-0.3, -0.25) is 0 Å². The minimum absolute atomic E-state index is 0.114. The summed E-state index contributed by atoms with van der Waals surface area (Å²) in [4.78, 5) is 2.32. The molecule has 15 heavy (non-hydrogen) atoms. The molecule has 0 bridgehead atoms. The van der Waals surface area contributed by atoms with Gasteiger partial charge in [0.2, 0.25) is 0 Å². The molecule has 0 atom stereocenters. The molecule has 2 rings (SSSR count). The van der Waals surface area contributed by atoms with E-state index in [0.717, 1.165) is 35.7 Å². The Morgan fingerprint density at radius 1 is 1.47 bits per heavy atom. The zero-order valence-corrected chi connectivity index (χ0v) is 10.0. The maximum atomic E-state index is 8.59. The summed E-state index contributed by atoms with van der Waals surface area (Å²) in [5.74, 6) is 1.13. The third kappa shape index (κ3) is 1.82. The monoisotopic (exact) mass is 222 g/mol. The standard InChI is InChI=1S/C10H14N4S/c1-10(2,3)13-4-5-14-9(13)6-8(12-14)15-7-11/h6H,4-5H2,1-3H3. The first-order valence-electron chi connectivity index (χ1n) is 4.94. The molecule has 0 aliphatic carbocycles. The van der Waals surface area contributed by atoms with Crippen molar-refractivity contribution in [2.24, 2.45) is 0 Å². The summed E-state index contributed by atoms with van der Waals surface area (Å²) in [5.41, 5.74) is 0.114. The predicted molar refractivity (Wildman–Crippen MR) is 60.8 cm³/mol. The fourth-order valence-electron chi connectivity index (χ4n) is 1.85. The van der Waals surface area contributed by atoms with Crippen LogP contribution in [-0.4, -0.2) is 21.9 Å². The van der Waals surface area contributed by atoms with Crippen LogP contribution in [0.2, 0.25) is 0 Å². The van der Waals surface area contributed by atoms with E-state index < -0.39 is 0 Å². The molecule has 0 saturated carbocycles. The molecule has 0 radical (unpaired) electrons. The van der Waals surface area contributed by atoms with Crippen molar-refractivity contribution in [3.05, 3.63) is 6.07 Å². The van der Waals surface area contributed by atoms with Gasteiger partial charge in [0, 0.05) is 29.9 Å². The van der Waals surface area contributed by atoms with Crippen molar-refractivity contribution >= 4 is 17.6 Å². The molecule has 80 valence electrons. The fourth-order valence-corrected chi connectivity index (χ4v) is 2.25. The number of thiocyanates is 1. The molecule has 0 amide bonds. The van der Waals surface area contributed by atoms with E-state index in [1.807, 2.05) is 16.1 Å². The molecule has 0 fully saturated rings. The molecule has 2 heterocycles. The number of thioether (sulfide) groups is 1. The van der Waals surface area contributed by atoms with Gasteiger partial charge < -0.3 is 4.90 Å². The molecule has 5 heteroatoms. The van der Waals surface area contributed by atoms with Crippen molar-refractivity contribution in [1.82, 2.24) is 9.78 Å². The van der Waals surface area contributed by atoms with E-state index in [4.69, 9.17) is 5.26 Å². The minimum Gasteiger partial charge on any atom is -0.350 e. The lowest BCUT2D eigenvalue weighted by Crippen LogP contribution is -2.40. The van der Waals surface area contributed by atoms with Gasteiger partial charge in [0.15, 0.2) is 0 Å². The van der Waals surface area contributed by atoms with Crippen LogP contribution in [-0.2, 0) is 6.54 Å². The van der Waals surface area contributed by atoms with Crippen LogP contribution in [0.5, 0.6) is 0 Å². The Bertz CT molecular complexity index is 410. The number of hydrogen-bond acceptors (Lipinski definition) is 4. The predicted octanol–water partition coefficient (Wildman–Crippen LogP) is 2.07. The lowest BCUT2D eigenvalue weighted by molar-refractivity contribution is 0.515. The van der Waals surface area contributed by atoms with Gasteiger partial charge in [-0.2, -0.15) is 10.4 Å². The zero-order valence-electron chi connectivity index (χ0n) is 9.19. The molecule has 1 aliphatic heterocycles. The summed E-state index contributed by atoms with van der Waals surface area (Å²) in [6.07, 6.45) is 0. The molecule has 1 aliphatic rings. The van der Waals surface area contributed by atoms with Gasteiger partial charge in [0.25, 0.3) is 0 Å². The van der Waals surface area contributed by atoms with Gasteiger partial charge in [-0.15, -0.1) is 0 Å². The Morgan fingerprint density at radius 3 is 2.80 bits per heavy atom. The number of nitrogens with zero attached hydrogens (tertiary/aromatic N) is 4. The second-order valence-electron chi connectivity index (χ2n) is 4.58. The highest BCUT2D eigenvalue weighted by atomic mass is 32.2.